The molecule has 1 aromatic heterocycles. The zero-order chi connectivity index (χ0) is 13.1. The minimum atomic E-state index is -0.199. The van der Waals surface area contributed by atoms with Gasteiger partial charge in [0, 0.05) is 13.1 Å². The van der Waals surface area contributed by atoms with Crippen LogP contribution in [0.5, 0.6) is 0 Å². The van der Waals surface area contributed by atoms with Gasteiger partial charge in [-0.2, -0.15) is 0 Å². The number of furan rings is 1. The quantitative estimate of drug-likeness (QED) is 0.881. The monoisotopic (exact) mass is 258 g/mol. The molecule has 0 bridgehead atoms. The second kappa shape index (κ2) is 5.56. The number of halogens is 1. The molecule has 0 aliphatic rings. The zero-order valence-corrected chi connectivity index (χ0v) is 11.5. The summed E-state index contributed by atoms with van der Waals surface area (Å²) in [7, 11) is 4.02. The normalized spacial score (nSPS) is 11.9. The predicted octanol–water partition coefficient (Wildman–Crippen LogP) is 2.25. The second-order valence-corrected chi connectivity index (χ2v) is 5.54. The summed E-state index contributed by atoms with van der Waals surface area (Å²) in [5.41, 5.74) is 0.391. The fourth-order valence-electron chi connectivity index (χ4n) is 1.78. The summed E-state index contributed by atoms with van der Waals surface area (Å²) in [5.74, 6) is -0.199. The lowest BCUT2D eigenvalue weighted by Crippen LogP contribution is -2.39. The third-order valence-corrected chi connectivity index (χ3v) is 2.63. The summed E-state index contributed by atoms with van der Waals surface area (Å²) >= 11 is 5.73. The summed E-state index contributed by atoms with van der Waals surface area (Å²) in [6.07, 6.45) is 1.40. The molecule has 0 spiro atoms. The van der Waals surface area contributed by atoms with Crippen molar-refractivity contribution in [3.63, 3.8) is 0 Å². The molecular weight excluding hydrogens is 240 g/mol. The van der Waals surface area contributed by atoms with Crippen LogP contribution >= 0.6 is 11.6 Å². The Kier molecular flexibility index (Phi) is 4.60. The van der Waals surface area contributed by atoms with E-state index in [-0.39, 0.29) is 16.5 Å². The molecule has 4 nitrogen and oxygen atoms in total. The molecule has 17 heavy (non-hydrogen) atoms. The van der Waals surface area contributed by atoms with Gasteiger partial charge in [0.15, 0.2) is 0 Å². The number of amides is 1. The van der Waals surface area contributed by atoms with Gasteiger partial charge in [0.1, 0.15) is 0 Å². The number of hydrogen-bond acceptors (Lipinski definition) is 3. The first kappa shape index (κ1) is 14.1. The first-order valence-electron chi connectivity index (χ1n) is 5.48. The van der Waals surface area contributed by atoms with Gasteiger partial charge in [0.25, 0.3) is 5.91 Å². The van der Waals surface area contributed by atoms with Crippen molar-refractivity contribution in [1.82, 2.24) is 10.2 Å². The van der Waals surface area contributed by atoms with Crippen LogP contribution in [0, 0.1) is 5.41 Å². The van der Waals surface area contributed by atoms with Crippen molar-refractivity contribution in [2.75, 3.05) is 27.2 Å². The van der Waals surface area contributed by atoms with Crippen molar-refractivity contribution < 1.29 is 9.21 Å². The lowest BCUT2D eigenvalue weighted by molar-refractivity contribution is 0.0929. The summed E-state index contributed by atoms with van der Waals surface area (Å²) in [6, 6.07) is 1.57. The SMILES string of the molecule is CN(C)CC(C)(C)CNC(=O)c1ccoc1Cl. The highest BCUT2D eigenvalue weighted by Crippen LogP contribution is 2.18. The summed E-state index contributed by atoms with van der Waals surface area (Å²) in [4.78, 5) is 13.9. The standard InChI is InChI=1S/C12H19ClN2O2/c1-12(2,8-15(3)4)7-14-11(16)9-5-6-17-10(9)13/h5-6H,7-8H2,1-4H3,(H,14,16). The van der Waals surface area contributed by atoms with Crippen LogP contribution in [0.4, 0.5) is 0 Å². The average molecular weight is 259 g/mol. The molecule has 0 saturated carbocycles. The molecule has 0 aromatic carbocycles. The van der Waals surface area contributed by atoms with E-state index < -0.39 is 0 Å². The van der Waals surface area contributed by atoms with Crippen LogP contribution in [0.15, 0.2) is 16.7 Å². The second-order valence-electron chi connectivity index (χ2n) is 5.19. The minimum absolute atomic E-state index is 0.00930. The minimum Gasteiger partial charge on any atom is -0.452 e. The molecule has 5 heteroatoms. The Bertz CT molecular complexity index is 386. The van der Waals surface area contributed by atoms with Crippen LogP contribution in [0.2, 0.25) is 5.22 Å². The third-order valence-electron chi connectivity index (χ3n) is 2.33. The van der Waals surface area contributed by atoms with Crippen LogP contribution in [-0.4, -0.2) is 38.0 Å². The van der Waals surface area contributed by atoms with Crippen molar-refractivity contribution in [2.24, 2.45) is 5.41 Å². The van der Waals surface area contributed by atoms with Crippen LogP contribution in [0.1, 0.15) is 24.2 Å². The molecule has 0 aliphatic carbocycles. The summed E-state index contributed by atoms with van der Waals surface area (Å²) in [5, 5.41) is 2.99. The van der Waals surface area contributed by atoms with E-state index in [1.165, 1.54) is 6.26 Å². The van der Waals surface area contributed by atoms with Gasteiger partial charge in [-0.1, -0.05) is 13.8 Å². The molecule has 0 saturated heterocycles. The van der Waals surface area contributed by atoms with E-state index >= 15 is 0 Å². The van der Waals surface area contributed by atoms with Gasteiger partial charge in [-0.3, -0.25) is 4.79 Å². The Morgan fingerprint density at radius 3 is 2.65 bits per heavy atom. The van der Waals surface area contributed by atoms with Gasteiger partial charge in [-0.15, -0.1) is 0 Å². The first-order chi connectivity index (χ1) is 7.82. The third kappa shape index (κ3) is 4.40. The lowest BCUT2D eigenvalue weighted by atomic mass is 9.93. The maximum atomic E-state index is 11.8. The van der Waals surface area contributed by atoms with Crippen LogP contribution in [-0.2, 0) is 0 Å². The Hall–Kier alpha value is -1.00. The maximum Gasteiger partial charge on any atom is 0.256 e. The zero-order valence-electron chi connectivity index (χ0n) is 10.7. The topological polar surface area (TPSA) is 45.5 Å². The maximum absolute atomic E-state index is 11.8. The van der Waals surface area contributed by atoms with E-state index in [9.17, 15) is 4.79 Å². The van der Waals surface area contributed by atoms with E-state index in [4.69, 9.17) is 16.0 Å². The predicted molar refractivity (Wildman–Crippen MR) is 68.4 cm³/mol. The molecule has 0 fully saturated rings. The van der Waals surface area contributed by atoms with Gasteiger partial charge in [-0.05, 0) is 37.2 Å². The number of nitrogens with zero attached hydrogens (tertiary/aromatic N) is 1. The van der Waals surface area contributed by atoms with Crippen molar-refractivity contribution in [3.05, 3.63) is 23.1 Å². The Balaban J connectivity index is 2.51. The highest BCUT2D eigenvalue weighted by molar-refractivity contribution is 6.32. The van der Waals surface area contributed by atoms with Crippen LogP contribution < -0.4 is 5.32 Å². The van der Waals surface area contributed by atoms with E-state index in [1.807, 2.05) is 14.1 Å². The molecule has 1 aromatic rings. The highest BCUT2D eigenvalue weighted by Gasteiger charge is 2.21. The van der Waals surface area contributed by atoms with Gasteiger partial charge < -0.3 is 14.6 Å². The Morgan fingerprint density at radius 2 is 2.18 bits per heavy atom. The van der Waals surface area contributed by atoms with Crippen molar-refractivity contribution in [3.8, 4) is 0 Å². The summed E-state index contributed by atoms with van der Waals surface area (Å²) in [6.45, 7) is 5.69. The number of carbonyl (C=O) groups excluding carboxylic acids is 1. The molecule has 0 atom stereocenters. The molecule has 1 rings (SSSR count). The lowest BCUT2D eigenvalue weighted by Gasteiger charge is -2.28. The fourth-order valence-corrected chi connectivity index (χ4v) is 1.98. The molecule has 0 unspecified atom stereocenters. The number of rotatable bonds is 5. The molecule has 96 valence electrons. The van der Waals surface area contributed by atoms with Gasteiger partial charge in [0.05, 0.1) is 11.8 Å². The molecule has 1 heterocycles. The van der Waals surface area contributed by atoms with E-state index in [1.54, 1.807) is 6.07 Å². The Morgan fingerprint density at radius 1 is 1.53 bits per heavy atom. The highest BCUT2D eigenvalue weighted by atomic mass is 35.5. The van der Waals surface area contributed by atoms with Crippen LogP contribution in [0.3, 0.4) is 0 Å². The van der Waals surface area contributed by atoms with E-state index in [0.717, 1.165) is 6.54 Å². The number of hydrogen-bond donors (Lipinski definition) is 1. The molecule has 1 N–H and O–H groups in total. The van der Waals surface area contributed by atoms with Gasteiger partial charge >= 0.3 is 0 Å². The van der Waals surface area contributed by atoms with Crippen molar-refractivity contribution >= 4 is 17.5 Å². The molecular formula is C12H19ClN2O2. The van der Waals surface area contributed by atoms with Gasteiger partial charge in [-0.25, -0.2) is 0 Å². The smallest absolute Gasteiger partial charge is 0.256 e. The molecule has 1 amide bonds. The van der Waals surface area contributed by atoms with E-state index in [0.29, 0.717) is 12.1 Å². The number of nitrogens with one attached hydrogen (secondary N) is 1. The molecule has 0 aliphatic heterocycles. The number of carbonyl (C=O) groups is 1. The fraction of sp³-hybridized carbons (Fsp3) is 0.583. The van der Waals surface area contributed by atoms with Gasteiger partial charge in [0.2, 0.25) is 5.22 Å². The van der Waals surface area contributed by atoms with Crippen molar-refractivity contribution in [2.45, 2.75) is 13.8 Å². The van der Waals surface area contributed by atoms with Crippen molar-refractivity contribution in [1.29, 1.82) is 0 Å². The molecule has 0 radical (unpaired) electrons. The first-order valence-corrected chi connectivity index (χ1v) is 5.85. The van der Waals surface area contributed by atoms with Crippen LogP contribution in [0.25, 0.3) is 0 Å². The largest absolute Gasteiger partial charge is 0.452 e. The average Bonchev–Trinajstić information content (AvgIpc) is 2.59. The summed E-state index contributed by atoms with van der Waals surface area (Å²) < 4.78 is 4.88. The Labute approximate surface area is 107 Å². The van der Waals surface area contributed by atoms with E-state index in [2.05, 4.69) is 24.1 Å².